The Balaban J connectivity index is 1.55. The number of hydrogen-bond donors (Lipinski definition) is 3. The molecule has 2 aliphatic rings. The molecule has 0 spiro atoms. The molecule has 0 saturated carbocycles. The van der Waals surface area contributed by atoms with Crippen LogP contribution in [-0.4, -0.2) is 96.8 Å². The van der Waals surface area contributed by atoms with Crippen molar-refractivity contribution in [1.82, 2.24) is 20.1 Å². The fraction of sp³-hybridized carbons (Fsp3) is 0.619. The van der Waals surface area contributed by atoms with Gasteiger partial charge < -0.3 is 30.5 Å². The van der Waals surface area contributed by atoms with Gasteiger partial charge in [-0.2, -0.15) is 4.98 Å². The van der Waals surface area contributed by atoms with Gasteiger partial charge in [0.25, 0.3) is 5.91 Å². The van der Waals surface area contributed by atoms with Gasteiger partial charge in [0.05, 0.1) is 36.7 Å². The Labute approximate surface area is 197 Å². The summed E-state index contributed by atoms with van der Waals surface area (Å²) in [6.07, 6.45) is 1.21. The van der Waals surface area contributed by atoms with Crippen LogP contribution in [0.15, 0.2) is 6.07 Å². The molecular formula is C21H30ClN5O6. The molecule has 2 fully saturated rings. The summed E-state index contributed by atoms with van der Waals surface area (Å²) in [5, 5.41) is 12.2. The average Bonchev–Trinajstić information content (AvgIpc) is 2.81. The predicted molar refractivity (Wildman–Crippen MR) is 120 cm³/mol. The molecule has 0 radical (unpaired) electrons. The number of carbonyl (C=O) groups is 3. The van der Waals surface area contributed by atoms with E-state index in [1.165, 1.54) is 13.2 Å². The Morgan fingerprint density at radius 2 is 1.94 bits per heavy atom. The molecule has 3 rings (SSSR count). The number of anilines is 1. The summed E-state index contributed by atoms with van der Waals surface area (Å²) in [4.78, 5) is 44.4. The number of carboxylic acid groups (broad SMARTS) is 1. The van der Waals surface area contributed by atoms with Crippen molar-refractivity contribution in [3.63, 3.8) is 0 Å². The van der Waals surface area contributed by atoms with Crippen LogP contribution < -0.4 is 15.8 Å². The summed E-state index contributed by atoms with van der Waals surface area (Å²) in [6.45, 7) is 2.20. The van der Waals surface area contributed by atoms with Gasteiger partial charge >= 0.3 is 5.97 Å². The number of nitrogens with two attached hydrogens (primary N) is 1. The third kappa shape index (κ3) is 6.04. The van der Waals surface area contributed by atoms with Crippen LogP contribution in [-0.2, 0) is 14.3 Å². The molecule has 1 aromatic heterocycles. The number of methoxy groups -OCH3 is 2. The molecule has 11 nitrogen and oxygen atoms in total. The highest BCUT2D eigenvalue weighted by molar-refractivity contribution is 6.33. The largest absolute Gasteiger partial charge is 0.481 e. The molecule has 2 saturated heterocycles. The summed E-state index contributed by atoms with van der Waals surface area (Å²) in [7, 11) is 2.96. The van der Waals surface area contributed by atoms with Crippen molar-refractivity contribution in [3.05, 3.63) is 16.7 Å². The van der Waals surface area contributed by atoms with Gasteiger partial charge in [-0.15, -0.1) is 0 Å². The van der Waals surface area contributed by atoms with Crippen molar-refractivity contribution in [3.8, 4) is 5.88 Å². The van der Waals surface area contributed by atoms with Crippen LogP contribution in [0.4, 0.5) is 5.82 Å². The number of amides is 2. The van der Waals surface area contributed by atoms with Crippen molar-refractivity contribution >= 4 is 35.2 Å². The number of aromatic nitrogens is 1. The number of halogens is 1. The zero-order chi connectivity index (χ0) is 24.1. The second-order valence-corrected chi connectivity index (χ2v) is 8.69. The quantitative estimate of drug-likeness (QED) is 0.503. The second-order valence-electron chi connectivity index (χ2n) is 8.28. The lowest BCUT2D eigenvalue weighted by molar-refractivity contribution is -0.146. The standard InChI is InChI=1S/C21H30ClN5O6/c1-32-16-10-26(11-17(28)27-7-3-12(4-8-27)21(30)31)6-5-15(16)24-19(29)13-9-14(22)18(23)25-20(13)33-2/h9,12,15-16H,3-8,10-11H2,1-2H3,(H2,23,25)(H,24,29)(H,30,31)/t15-,16+/m1/s1. The number of rotatable bonds is 7. The van der Waals surface area contributed by atoms with Crippen molar-refractivity contribution in [2.75, 3.05) is 52.7 Å². The molecular weight excluding hydrogens is 454 g/mol. The minimum Gasteiger partial charge on any atom is -0.481 e. The van der Waals surface area contributed by atoms with Gasteiger partial charge in [0.1, 0.15) is 11.4 Å². The topological polar surface area (TPSA) is 147 Å². The average molecular weight is 484 g/mol. The van der Waals surface area contributed by atoms with E-state index in [4.69, 9.17) is 31.9 Å². The van der Waals surface area contributed by atoms with Crippen molar-refractivity contribution in [2.24, 2.45) is 5.92 Å². The summed E-state index contributed by atoms with van der Waals surface area (Å²) in [5.74, 6) is -1.45. The SMILES string of the molecule is COc1nc(N)c(Cl)cc1C(=O)N[C@@H]1CCN(CC(=O)N2CCC(C(=O)O)CC2)C[C@@H]1OC. The number of likely N-dealkylation sites (tertiary alicyclic amines) is 2. The van der Waals surface area contributed by atoms with Gasteiger partial charge in [-0.3, -0.25) is 19.3 Å². The first-order valence-corrected chi connectivity index (χ1v) is 11.2. The minimum atomic E-state index is -0.802. The number of carboxylic acids is 1. The summed E-state index contributed by atoms with van der Waals surface area (Å²) in [5.41, 5.74) is 5.86. The van der Waals surface area contributed by atoms with Crippen LogP contribution in [0.2, 0.25) is 5.02 Å². The highest BCUT2D eigenvalue weighted by Gasteiger charge is 2.34. The van der Waals surface area contributed by atoms with Crippen molar-refractivity contribution in [1.29, 1.82) is 0 Å². The zero-order valence-electron chi connectivity index (χ0n) is 18.8. The van der Waals surface area contributed by atoms with E-state index in [2.05, 4.69) is 10.3 Å². The molecule has 2 aliphatic heterocycles. The first kappa shape index (κ1) is 25.0. The lowest BCUT2D eigenvalue weighted by atomic mass is 9.97. The van der Waals surface area contributed by atoms with Crippen LogP contribution in [0.1, 0.15) is 29.6 Å². The van der Waals surface area contributed by atoms with Gasteiger partial charge in [-0.25, -0.2) is 0 Å². The predicted octanol–water partition coefficient (Wildman–Crippen LogP) is 0.468. The Bertz CT molecular complexity index is 892. The van der Waals surface area contributed by atoms with E-state index in [1.807, 2.05) is 4.90 Å². The number of hydrogen-bond acceptors (Lipinski definition) is 8. The Morgan fingerprint density at radius 3 is 2.55 bits per heavy atom. The fourth-order valence-electron chi connectivity index (χ4n) is 4.25. The van der Waals surface area contributed by atoms with Crippen LogP contribution in [0, 0.1) is 5.92 Å². The normalized spacial score (nSPS) is 22.1. The number of piperidine rings is 2. The molecule has 12 heteroatoms. The molecule has 3 heterocycles. The molecule has 4 N–H and O–H groups in total. The Hall–Kier alpha value is -2.63. The number of nitrogens with zero attached hydrogens (tertiary/aromatic N) is 3. The molecule has 0 bridgehead atoms. The number of nitrogen functional groups attached to an aromatic ring is 1. The molecule has 0 aliphatic carbocycles. The smallest absolute Gasteiger partial charge is 0.306 e. The van der Waals surface area contributed by atoms with Crippen molar-refractivity contribution in [2.45, 2.75) is 31.4 Å². The fourth-order valence-corrected chi connectivity index (χ4v) is 4.40. The van der Waals surface area contributed by atoms with Crippen molar-refractivity contribution < 1.29 is 29.0 Å². The Morgan fingerprint density at radius 1 is 1.24 bits per heavy atom. The summed E-state index contributed by atoms with van der Waals surface area (Å²) >= 11 is 6.02. The second kappa shape index (κ2) is 11.0. The molecule has 33 heavy (non-hydrogen) atoms. The lowest BCUT2D eigenvalue weighted by Crippen LogP contribution is -2.56. The molecule has 182 valence electrons. The maximum absolute atomic E-state index is 12.9. The maximum atomic E-state index is 12.9. The van der Waals surface area contributed by atoms with Gasteiger partial charge in [0.15, 0.2) is 0 Å². The van der Waals surface area contributed by atoms with Gasteiger partial charge in [0.2, 0.25) is 11.8 Å². The van der Waals surface area contributed by atoms with E-state index in [9.17, 15) is 14.4 Å². The Kier molecular flexibility index (Phi) is 8.33. The van der Waals surface area contributed by atoms with Crippen LogP contribution in [0.25, 0.3) is 0 Å². The maximum Gasteiger partial charge on any atom is 0.306 e. The molecule has 0 aromatic carbocycles. The van der Waals surface area contributed by atoms with Gasteiger partial charge in [-0.1, -0.05) is 11.6 Å². The number of aliphatic carboxylic acids is 1. The number of pyridine rings is 1. The van der Waals surface area contributed by atoms with E-state index in [0.29, 0.717) is 45.4 Å². The van der Waals surface area contributed by atoms with Gasteiger partial charge in [-0.05, 0) is 25.3 Å². The third-order valence-corrected chi connectivity index (χ3v) is 6.53. The van der Waals surface area contributed by atoms with E-state index in [-0.39, 0.29) is 52.8 Å². The van der Waals surface area contributed by atoms with Gasteiger partial charge in [0, 0.05) is 33.3 Å². The van der Waals surface area contributed by atoms with Crippen LogP contribution in [0.3, 0.4) is 0 Å². The zero-order valence-corrected chi connectivity index (χ0v) is 19.5. The molecule has 2 atom stereocenters. The molecule has 1 aromatic rings. The number of nitrogens with one attached hydrogen (secondary N) is 1. The first-order chi connectivity index (χ1) is 15.7. The molecule has 2 amide bonds. The number of carbonyl (C=O) groups excluding carboxylic acids is 2. The summed E-state index contributed by atoms with van der Waals surface area (Å²) < 4.78 is 10.8. The summed E-state index contributed by atoms with van der Waals surface area (Å²) in [6, 6.07) is 1.14. The molecule has 0 unspecified atom stereocenters. The first-order valence-electron chi connectivity index (χ1n) is 10.8. The van der Waals surface area contributed by atoms with E-state index in [1.54, 1.807) is 12.0 Å². The lowest BCUT2D eigenvalue weighted by Gasteiger charge is -2.39. The van der Waals surface area contributed by atoms with E-state index >= 15 is 0 Å². The third-order valence-electron chi connectivity index (χ3n) is 6.22. The van der Waals surface area contributed by atoms with Crippen LogP contribution >= 0.6 is 11.6 Å². The highest BCUT2D eigenvalue weighted by Crippen LogP contribution is 2.26. The monoisotopic (exact) mass is 483 g/mol. The highest BCUT2D eigenvalue weighted by atomic mass is 35.5. The van der Waals surface area contributed by atoms with E-state index < -0.39 is 11.9 Å². The van der Waals surface area contributed by atoms with E-state index in [0.717, 1.165) is 0 Å². The minimum absolute atomic E-state index is 0.0245. The van der Waals surface area contributed by atoms with Crippen LogP contribution in [0.5, 0.6) is 5.88 Å². The number of ether oxygens (including phenoxy) is 2.